The molecule has 0 atom stereocenters. The molecule has 0 aliphatic carbocycles. The standard InChI is InChI=1S/C13H13NOS/c1-2-13-14-11(9-16-13)8-12(15)10-6-4-3-5-7-10/h3-7,9H,2,8H2,1H3. The monoisotopic (exact) mass is 231 g/mol. The van der Waals surface area contributed by atoms with Gasteiger partial charge in [-0.2, -0.15) is 0 Å². The number of thiazole rings is 1. The van der Waals surface area contributed by atoms with Crippen molar-refractivity contribution in [1.29, 1.82) is 0 Å². The highest BCUT2D eigenvalue weighted by atomic mass is 32.1. The molecule has 0 saturated heterocycles. The van der Waals surface area contributed by atoms with Gasteiger partial charge in [0.25, 0.3) is 0 Å². The van der Waals surface area contributed by atoms with E-state index in [1.54, 1.807) is 11.3 Å². The van der Waals surface area contributed by atoms with Crippen molar-refractivity contribution in [3.05, 3.63) is 52.0 Å². The van der Waals surface area contributed by atoms with Crippen molar-refractivity contribution in [3.63, 3.8) is 0 Å². The van der Waals surface area contributed by atoms with Gasteiger partial charge in [0.05, 0.1) is 17.1 Å². The summed E-state index contributed by atoms with van der Waals surface area (Å²) in [4.78, 5) is 16.3. The smallest absolute Gasteiger partial charge is 0.168 e. The van der Waals surface area contributed by atoms with Crippen LogP contribution in [0, 0.1) is 0 Å². The van der Waals surface area contributed by atoms with Crippen LogP contribution in [0.1, 0.15) is 28.0 Å². The summed E-state index contributed by atoms with van der Waals surface area (Å²) in [5.41, 5.74) is 1.64. The van der Waals surface area contributed by atoms with Crippen LogP contribution >= 0.6 is 11.3 Å². The van der Waals surface area contributed by atoms with Crippen molar-refractivity contribution in [2.45, 2.75) is 19.8 Å². The van der Waals surface area contributed by atoms with Crippen molar-refractivity contribution in [3.8, 4) is 0 Å². The molecule has 3 heteroatoms. The second kappa shape index (κ2) is 5.03. The lowest BCUT2D eigenvalue weighted by molar-refractivity contribution is 0.0992. The van der Waals surface area contributed by atoms with Crippen molar-refractivity contribution in [2.75, 3.05) is 0 Å². The average molecular weight is 231 g/mol. The van der Waals surface area contributed by atoms with Crippen molar-refractivity contribution >= 4 is 17.1 Å². The van der Waals surface area contributed by atoms with E-state index in [4.69, 9.17) is 0 Å². The van der Waals surface area contributed by atoms with E-state index in [9.17, 15) is 4.79 Å². The highest BCUT2D eigenvalue weighted by molar-refractivity contribution is 7.09. The van der Waals surface area contributed by atoms with E-state index in [2.05, 4.69) is 11.9 Å². The molecule has 0 unspecified atom stereocenters. The lowest BCUT2D eigenvalue weighted by Gasteiger charge is -1.97. The van der Waals surface area contributed by atoms with Gasteiger partial charge in [0.15, 0.2) is 5.78 Å². The molecule has 16 heavy (non-hydrogen) atoms. The first-order chi connectivity index (χ1) is 7.79. The number of carbonyl (C=O) groups is 1. The molecular formula is C13H13NOS. The second-order valence-corrected chi connectivity index (χ2v) is 4.49. The molecular weight excluding hydrogens is 218 g/mol. The van der Waals surface area contributed by atoms with E-state index in [1.165, 1.54) is 0 Å². The third kappa shape index (κ3) is 2.55. The average Bonchev–Trinajstić information content (AvgIpc) is 2.78. The molecule has 82 valence electrons. The van der Waals surface area contributed by atoms with Gasteiger partial charge in [-0.15, -0.1) is 11.3 Å². The molecule has 0 radical (unpaired) electrons. The molecule has 1 aromatic heterocycles. The van der Waals surface area contributed by atoms with E-state index >= 15 is 0 Å². The molecule has 2 rings (SSSR count). The summed E-state index contributed by atoms with van der Waals surface area (Å²) in [7, 11) is 0. The van der Waals surface area contributed by atoms with Crippen LogP contribution in [-0.2, 0) is 12.8 Å². The minimum atomic E-state index is 0.133. The second-order valence-electron chi connectivity index (χ2n) is 3.55. The number of Topliss-reactive ketones (excluding diaryl/α,β-unsaturated/α-hetero) is 1. The molecule has 1 heterocycles. The lowest BCUT2D eigenvalue weighted by Crippen LogP contribution is -2.03. The summed E-state index contributed by atoms with van der Waals surface area (Å²) in [6, 6.07) is 9.36. The van der Waals surface area contributed by atoms with Crippen LogP contribution in [0.15, 0.2) is 35.7 Å². The zero-order valence-corrected chi connectivity index (χ0v) is 9.96. The Morgan fingerprint density at radius 3 is 2.69 bits per heavy atom. The van der Waals surface area contributed by atoms with Gasteiger partial charge < -0.3 is 0 Å². The number of aryl methyl sites for hydroxylation is 1. The number of hydrogen-bond donors (Lipinski definition) is 0. The Bertz CT molecular complexity index is 476. The molecule has 2 aromatic rings. The summed E-state index contributed by atoms with van der Waals surface area (Å²) >= 11 is 1.62. The molecule has 1 aromatic carbocycles. The Balaban J connectivity index is 2.08. The minimum Gasteiger partial charge on any atom is -0.294 e. The number of nitrogens with zero attached hydrogens (tertiary/aromatic N) is 1. The van der Waals surface area contributed by atoms with Gasteiger partial charge in [0, 0.05) is 10.9 Å². The summed E-state index contributed by atoms with van der Waals surface area (Å²) < 4.78 is 0. The van der Waals surface area contributed by atoms with E-state index in [0.29, 0.717) is 6.42 Å². The van der Waals surface area contributed by atoms with Crippen LogP contribution in [0.3, 0.4) is 0 Å². The molecule has 0 amide bonds. The predicted molar refractivity (Wildman–Crippen MR) is 66.0 cm³/mol. The van der Waals surface area contributed by atoms with Crippen molar-refractivity contribution < 1.29 is 4.79 Å². The van der Waals surface area contributed by atoms with Crippen LogP contribution in [-0.4, -0.2) is 10.8 Å². The Morgan fingerprint density at radius 2 is 2.06 bits per heavy atom. The molecule has 2 nitrogen and oxygen atoms in total. The summed E-state index contributed by atoms with van der Waals surface area (Å²) in [5.74, 6) is 0.133. The molecule has 0 bridgehead atoms. The van der Waals surface area contributed by atoms with Gasteiger partial charge >= 0.3 is 0 Å². The summed E-state index contributed by atoms with van der Waals surface area (Å²) in [5, 5.41) is 3.07. The number of benzene rings is 1. The maximum atomic E-state index is 11.9. The fourth-order valence-corrected chi connectivity index (χ4v) is 2.23. The van der Waals surface area contributed by atoms with Crippen LogP contribution < -0.4 is 0 Å². The summed E-state index contributed by atoms with van der Waals surface area (Å²) in [6.45, 7) is 2.07. The minimum absolute atomic E-state index is 0.133. The molecule has 0 aliphatic rings. The number of carbonyl (C=O) groups excluding carboxylic acids is 1. The van der Waals surface area contributed by atoms with Gasteiger partial charge in [-0.1, -0.05) is 37.3 Å². The zero-order valence-electron chi connectivity index (χ0n) is 9.14. The normalized spacial score (nSPS) is 10.3. The van der Waals surface area contributed by atoms with Crippen LogP contribution in [0.25, 0.3) is 0 Å². The van der Waals surface area contributed by atoms with Crippen molar-refractivity contribution in [1.82, 2.24) is 4.98 Å². The van der Waals surface area contributed by atoms with E-state index in [-0.39, 0.29) is 5.78 Å². The fraction of sp³-hybridized carbons (Fsp3) is 0.231. The Labute approximate surface area is 99.0 Å². The van der Waals surface area contributed by atoms with E-state index in [0.717, 1.165) is 22.7 Å². The van der Waals surface area contributed by atoms with Gasteiger partial charge in [0.1, 0.15) is 0 Å². The first kappa shape index (κ1) is 11.0. The lowest BCUT2D eigenvalue weighted by atomic mass is 10.1. The maximum Gasteiger partial charge on any atom is 0.168 e. The number of ketones is 1. The molecule has 0 aliphatic heterocycles. The zero-order chi connectivity index (χ0) is 11.4. The first-order valence-corrected chi connectivity index (χ1v) is 6.19. The SMILES string of the molecule is CCc1nc(CC(=O)c2ccccc2)cs1. The Kier molecular flexibility index (Phi) is 3.47. The quantitative estimate of drug-likeness (QED) is 0.757. The number of aromatic nitrogens is 1. The van der Waals surface area contributed by atoms with Gasteiger partial charge in [-0.3, -0.25) is 4.79 Å². The predicted octanol–water partition coefficient (Wildman–Crippen LogP) is 3.13. The highest BCUT2D eigenvalue weighted by Gasteiger charge is 2.08. The highest BCUT2D eigenvalue weighted by Crippen LogP contribution is 2.12. The molecule has 0 N–H and O–H groups in total. The van der Waals surface area contributed by atoms with Gasteiger partial charge in [-0.05, 0) is 6.42 Å². The van der Waals surface area contributed by atoms with Crippen LogP contribution in [0.5, 0.6) is 0 Å². The van der Waals surface area contributed by atoms with E-state index in [1.807, 2.05) is 35.7 Å². The first-order valence-electron chi connectivity index (χ1n) is 5.31. The number of hydrogen-bond acceptors (Lipinski definition) is 3. The third-order valence-corrected chi connectivity index (χ3v) is 3.38. The summed E-state index contributed by atoms with van der Waals surface area (Å²) in [6.07, 6.45) is 1.34. The maximum absolute atomic E-state index is 11.9. The fourth-order valence-electron chi connectivity index (χ4n) is 1.48. The van der Waals surface area contributed by atoms with Gasteiger partial charge in [0.2, 0.25) is 0 Å². The molecule has 0 saturated carbocycles. The van der Waals surface area contributed by atoms with Gasteiger partial charge in [-0.25, -0.2) is 4.98 Å². The largest absolute Gasteiger partial charge is 0.294 e. The Hall–Kier alpha value is -1.48. The topological polar surface area (TPSA) is 30.0 Å². The molecule has 0 fully saturated rings. The van der Waals surface area contributed by atoms with E-state index < -0.39 is 0 Å². The van der Waals surface area contributed by atoms with Crippen LogP contribution in [0.4, 0.5) is 0 Å². The third-order valence-electron chi connectivity index (χ3n) is 2.34. The van der Waals surface area contributed by atoms with Crippen molar-refractivity contribution in [2.24, 2.45) is 0 Å². The number of rotatable bonds is 4. The Morgan fingerprint density at radius 1 is 1.31 bits per heavy atom. The van der Waals surface area contributed by atoms with Crippen LogP contribution in [0.2, 0.25) is 0 Å². The molecule has 0 spiro atoms.